The van der Waals surface area contributed by atoms with E-state index in [0.717, 1.165) is 55.0 Å². The monoisotopic (exact) mass is 906 g/mol. The third-order valence-corrected chi connectivity index (χ3v) is 12.2. The summed E-state index contributed by atoms with van der Waals surface area (Å²) < 4.78 is 76.3. The van der Waals surface area contributed by atoms with Crippen LogP contribution in [0.1, 0.15) is 153 Å². The molecule has 0 atom stereocenters. The molecule has 0 aliphatic carbocycles. The largest absolute Gasteiger partial charge is 2.00 e. The number of ether oxygens (including phenoxy) is 2. The first kappa shape index (κ1) is 54.3. The smallest absolute Gasteiger partial charge is 0.872 e. The van der Waals surface area contributed by atoms with Gasteiger partial charge in [0, 0.05) is 11.0 Å². The van der Waals surface area contributed by atoms with E-state index in [2.05, 4.69) is 13.8 Å². The van der Waals surface area contributed by atoms with Gasteiger partial charge in [-0.05, 0) is 79.3 Å². The summed E-state index contributed by atoms with van der Waals surface area (Å²) in [5.41, 5.74) is 2.13. The molecule has 4 aromatic carbocycles. The molecule has 332 valence electrons. The van der Waals surface area contributed by atoms with E-state index in [4.69, 9.17) is 14.0 Å². The minimum Gasteiger partial charge on any atom is -0.872 e. The van der Waals surface area contributed by atoms with E-state index in [1.165, 1.54) is 134 Å². The van der Waals surface area contributed by atoms with E-state index >= 15 is 0 Å². The van der Waals surface area contributed by atoms with Crippen LogP contribution in [0, 0.1) is 0 Å². The van der Waals surface area contributed by atoms with Gasteiger partial charge in [0.2, 0.25) is 0 Å². The van der Waals surface area contributed by atoms with Gasteiger partial charge in [-0.2, -0.15) is 8.42 Å². The van der Waals surface area contributed by atoms with Crippen LogP contribution in [0.3, 0.4) is 0 Å². The van der Waals surface area contributed by atoms with Crippen molar-refractivity contribution < 1.29 is 45.6 Å². The molecule has 13 heteroatoms. The van der Waals surface area contributed by atoms with Crippen molar-refractivity contribution in [3.63, 3.8) is 0 Å². The van der Waals surface area contributed by atoms with Gasteiger partial charge < -0.3 is 24.2 Å². The van der Waals surface area contributed by atoms with E-state index in [1.54, 1.807) is 0 Å². The first-order valence-corrected chi connectivity index (χ1v) is 24.8. The Hall–Kier alpha value is -2.84. The molecule has 0 aliphatic rings. The summed E-state index contributed by atoms with van der Waals surface area (Å²) in [6.45, 7) is 4.48. The van der Waals surface area contributed by atoms with Crippen molar-refractivity contribution in [3.05, 3.63) is 96.1 Å². The van der Waals surface area contributed by atoms with Crippen LogP contribution in [0.5, 0.6) is 34.5 Å². The van der Waals surface area contributed by atoms with Crippen molar-refractivity contribution in [2.45, 2.75) is 165 Å². The molecule has 0 heterocycles. The summed E-state index contributed by atoms with van der Waals surface area (Å²) in [7, 11) is -9.24. The molecule has 0 saturated heterocycles. The number of rotatable bonds is 28. The number of hydrogen-bond acceptors (Lipinski definition) is 9. The number of phenols is 1. The van der Waals surface area contributed by atoms with Crippen molar-refractivity contribution in [1.82, 2.24) is 0 Å². The van der Waals surface area contributed by atoms with E-state index in [-0.39, 0.29) is 43.5 Å². The van der Waals surface area contributed by atoms with Crippen LogP contribution in [0.2, 0.25) is 0 Å². The Balaban J connectivity index is 0.000000413. The van der Waals surface area contributed by atoms with E-state index in [0.29, 0.717) is 17.2 Å². The molecule has 0 fully saturated rings. The average Bonchev–Trinajstić information content (AvgIpc) is 3.20. The topological polar surface area (TPSA) is 173 Å². The number of aromatic hydroxyl groups is 1. The van der Waals surface area contributed by atoms with Crippen LogP contribution in [0.4, 0.5) is 0 Å². The van der Waals surface area contributed by atoms with Gasteiger partial charge in [-0.3, -0.25) is 4.55 Å². The molecule has 0 unspecified atom stereocenters. The molecule has 0 aromatic heterocycles. The number of phenolic OH excluding ortho intramolecular Hbond substituents is 1. The molecule has 0 bridgehead atoms. The zero-order chi connectivity index (χ0) is 43.6. The standard InChI is InChI=1S/2C24H34O5S.Ca/c2*1-2-3-4-5-6-7-8-9-10-11-14-20-15-12-13-16-23(20)29-21-17-18-24(22(25)19-21)30(26,27)28;/h2*12-13,15-19,25H,2-11,14H2,1H3,(H,26,27,28);/q;;+2/p-2. The third-order valence-electron chi connectivity index (χ3n) is 10.4. The van der Waals surface area contributed by atoms with Gasteiger partial charge in [-0.25, -0.2) is 8.42 Å². The molecule has 10 nitrogen and oxygen atoms in total. The fraction of sp³-hybridized carbons (Fsp3) is 0.500. The summed E-state index contributed by atoms with van der Waals surface area (Å²) in [5, 5.41) is 21.7. The molecule has 2 N–H and O–H groups in total. The van der Waals surface area contributed by atoms with E-state index in [9.17, 15) is 31.6 Å². The molecule has 61 heavy (non-hydrogen) atoms. The van der Waals surface area contributed by atoms with Gasteiger partial charge in [-0.15, -0.1) is 0 Å². The van der Waals surface area contributed by atoms with Gasteiger partial charge in [0.1, 0.15) is 43.8 Å². The van der Waals surface area contributed by atoms with Crippen molar-refractivity contribution in [3.8, 4) is 34.5 Å². The summed E-state index contributed by atoms with van der Waals surface area (Å²) in [4.78, 5) is -1.29. The maximum atomic E-state index is 11.9. The zero-order valence-electron chi connectivity index (χ0n) is 36.3. The second-order valence-corrected chi connectivity index (χ2v) is 18.2. The number of aryl methyl sites for hydroxylation is 2. The number of hydrogen-bond donors (Lipinski definition) is 2. The Labute approximate surface area is 396 Å². The Morgan fingerprint density at radius 2 is 0.869 bits per heavy atom. The molecule has 0 aliphatic heterocycles. The first-order chi connectivity index (χ1) is 28.8. The molecule has 0 radical (unpaired) electrons. The third kappa shape index (κ3) is 21.9. The van der Waals surface area contributed by atoms with Crippen LogP contribution < -0.4 is 14.6 Å². The van der Waals surface area contributed by atoms with Gasteiger partial charge in [0.05, 0.1) is 0 Å². The Morgan fingerprint density at radius 1 is 0.508 bits per heavy atom. The van der Waals surface area contributed by atoms with Crippen LogP contribution in [0.25, 0.3) is 0 Å². The van der Waals surface area contributed by atoms with Gasteiger partial charge >= 0.3 is 37.7 Å². The predicted octanol–water partition coefficient (Wildman–Crippen LogP) is 12.4. The molecule has 0 saturated carbocycles. The van der Waals surface area contributed by atoms with Gasteiger partial charge in [-0.1, -0.05) is 172 Å². The second kappa shape index (κ2) is 30.3. The van der Waals surface area contributed by atoms with E-state index in [1.807, 2.05) is 48.5 Å². The number of unbranched alkanes of at least 4 members (excludes halogenated alkanes) is 18. The van der Waals surface area contributed by atoms with Crippen molar-refractivity contribution >= 4 is 58.0 Å². The Morgan fingerprint density at radius 3 is 1.23 bits per heavy atom. The van der Waals surface area contributed by atoms with Gasteiger partial charge in [0.25, 0.3) is 10.1 Å². The molecule has 4 aromatic rings. The fourth-order valence-electron chi connectivity index (χ4n) is 7.02. The zero-order valence-corrected chi connectivity index (χ0v) is 40.2. The second-order valence-electron chi connectivity index (χ2n) is 15.5. The summed E-state index contributed by atoms with van der Waals surface area (Å²) in [6.07, 6.45) is 27.4. The number of para-hydroxylation sites is 2. The summed E-state index contributed by atoms with van der Waals surface area (Å²) >= 11 is 0. The molecular formula is C48H66CaO10S2. The van der Waals surface area contributed by atoms with Crippen LogP contribution in [-0.4, -0.2) is 68.8 Å². The molecular weight excluding hydrogens is 841 g/mol. The van der Waals surface area contributed by atoms with Crippen molar-refractivity contribution in [1.29, 1.82) is 0 Å². The van der Waals surface area contributed by atoms with E-state index < -0.39 is 41.5 Å². The minimum atomic E-state index is -4.78. The quantitative estimate of drug-likeness (QED) is 0.0317. The molecule has 0 spiro atoms. The first-order valence-electron chi connectivity index (χ1n) is 21.9. The SMILES string of the molecule is CCCCCCCCCCCCc1ccccc1Oc1ccc(S(=O)(=O)O)c(O)c1.CCCCCCCCCCCCc1ccccc1Oc1ccc(S(=O)(=O)[O-])c([O-])c1.[Ca+2]. The van der Waals surface area contributed by atoms with Crippen LogP contribution >= 0.6 is 0 Å². The van der Waals surface area contributed by atoms with Gasteiger partial charge in [0.15, 0.2) is 0 Å². The maximum absolute atomic E-state index is 11.9. The fourth-order valence-corrected chi connectivity index (χ4v) is 8.12. The minimum absolute atomic E-state index is 0. The predicted molar refractivity (Wildman–Crippen MR) is 242 cm³/mol. The Bertz CT molecular complexity index is 1910. The molecule has 4 rings (SSSR count). The molecule has 0 amide bonds. The van der Waals surface area contributed by atoms with Crippen LogP contribution in [-0.2, 0) is 33.1 Å². The number of benzene rings is 4. The maximum Gasteiger partial charge on any atom is 2.00 e. The summed E-state index contributed by atoms with van der Waals surface area (Å²) in [6, 6.07) is 22.5. The summed E-state index contributed by atoms with van der Waals surface area (Å²) in [5.74, 6) is 0.480. The normalized spacial score (nSPS) is 11.3. The average molecular weight is 907 g/mol. The van der Waals surface area contributed by atoms with Crippen LogP contribution in [0.15, 0.2) is 94.7 Å². The van der Waals surface area contributed by atoms with Crippen molar-refractivity contribution in [2.24, 2.45) is 0 Å². The Kier molecular flexibility index (Phi) is 27.0. The van der Waals surface area contributed by atoms with Crippen molar-refractivity contribution in [2.75, 3.05) is 0 Å².